The van der Waals surface area contributed by atoms with Gasteiger partial charge in [-0.1, -0.05) is 18.7 Å². The van der Waals surface area contributed by atoms with Gasteiger partial charge in [-0.05, 0) is 34.7 Å². The first-order valence-electron chi connectivity index (χ1n) is 3.32. The first-order valence-corrected chi connectivity index (χ1v) is 4.40. The molecule has 0 spiro atoms. The molecule has 0 fully saturated rings. The average Bonchev–Trinajstić information content (AvgIpc) is 2.05. The van der Waals surface area contributed by atoms with Crippen LogP contribution in [0.1, 0.15) is 10.4 Å². The summed E-state index contributed by atoms with van der Waals surface area (Å²) in [7, 11) is 0. The number of hydrogen-bond acceptors (Lipinski definition) is 2. The molecule has 0 aliphatic carbocycles. The van der Waals surface area contributed by atoms with Crippen LogP contribution in [0, 0.1) is 3.57 Å². The van der Waals surface area contributed by atoms with Gasteiger partial charge in [0, 0.05) is 3.57 Å². The second kappa shape index (κ2) is 4.25. The predicted octanol–water partition coefficient (Wildman–Crippen LogP) is 2.59. The van der Waals surface area contributed by atoms with Crippen LogP contribution in [0.3, 0.4) is 0 Å². The van der Waals surface area contributed by atoms with Crippen LogP contribution in [0.25, 0.3) is 0 Å². The maximum atomic E-state index is 11.2. The van der Waals surface area contributed by atoms with Gasteiger partial charge in [-0.25, -0.2) is 4.79 Å². The molecule has 2 nitrogen and oxygen atoms in total. The van der Waals surface area contributed by atoms with E-state index in [0.717, 1.165) is 9.83 Å². The Morgan fingerprint density at radius 1 is 1.50 bits per heavy atom. The summed E-state index contributed by atoms with van der Waals surface area (Å²) in [5, 5.41) is 0. The highest BCUT2D eigenvalue weighted by molar-refractivity contribution is 14.1. The third-order valence-electron chi connectivity index (χ3n) is 1.28. The lowest BCUT2D eigenvalue weighted by atomic mass is 10.2. The van der Waals surface area contributed by atoms with Gasteiger partial charge >= 0.3 is 5.97 Å². The first kappa shape index (κ1) is 9.25. The molecule has 0 heterocycles. The van der Waals surface area contributed by atoms with E-state index in [9.17, 15) is 4.79 Å². The van der Waals surface area contributed by atoms with E-state index in [1.54, 1.807) is 12.1 Å². The van der Waals surface area contributed by atoms with Crippen LogP contribution in [0.5, 0.6) is 0 Å². The molecule has 12 heavy (non-hydrogen) atoms. The van der Waals surface area contributed by atoms with Crippen LogP contribution in [0.4, 0.5) is 0 Å². The second-order valence-electron chi connectivity index (χ2n) is 2.05. The molecule has 0 N–H and O–H groups in total. The fraction of sp³-hybridized carbons (Fsp3) is 0. The normalized spacial score (nSPS) is 9.08. The second-order valence-corrected chi connectivity index (χ2v) is 3.21. The highest BCUT2D eigenvalue weighted by atomic mass is 127. The molecule has 0 unspecified atom stereocenters. The Hall–Kier alpha value is -0.840. The number of hydrogen-bond donors (Lipinski definition) is 0. The Labute approximate surface area is 84.4 Å². The van der Waals surface area contributed by atoms with Crippen molar-refractivity contribution in [3.05, 3.63) is 46.2 Å². The van der Waals surface area contributed by atoms with Gasteiger partial charge in [0.05, 0.1) is 11.8 Å². The first-order chi connectivity index (χ1) is 5.75. The van der Waals surface area contributed by atoms with E-state index >= 15 is 0 Å². The van der Waals surface area contributed by atoms with Gasteiger partial charge < -0.3 is 4.74 Å². The van der Waals surface area contributed by atoms with Gasteiger partial charge in [-0.2, -0.15) is 0 Å². The van der Waals surface area contributed by atoms with Crippen molar-refractivity contribution in [1.29, 1.82) is 0 Å². The molecular formula is C9H7IO2. The van der Waals surface area contributed by atoms with Crippen LogP contribution in [-0.2, 0) is 4.74 Å². The lowest BCUT2D eigenvalue weighted by molar-refractivity contribution is 0.0663. The average molecular weight is 274 g/mol. The van der Waals surface area contributed by atoms with Gasteiger partial charge in [0.25, 0.3) is 0 Å². The molecule has 0 atom stereocenters. The highest BCUT2D eigenvalue weighted by Gasteiger charge is 2.08. The zero-order chi connectivity index (χ0) is 8.97. The maximum Gasteiger partial charge on any atom is 0.343 e. The SMILES string of the molecule is C=COC(=O)c1ccccc1I. The molecule has 0 aromatic heterocycles. The molecule has 62 valence electrons. The van der Waals surface area contributed by atoms with E-state index < -0.39 is 0 Å². The van der Waals surface area contributed by atoms with Crippen molar-refractivity contribution < 1.29 is 9.53 Å². The molecule has 0 radical (unpaired) electrons. The molecule has 3 heteroatoms. The number of benzene rings is 1. The lowest BCUT2D eigenvalue weighted by Crippen LogP contribution is -2.02. The van der Waals surface area contributed by atoms with Crippen molar-refractivity contribution in [2.75, 3.05) is 0 Å². The predicted molar refractivity (Wildman–Crippen MR) is 54.8 cm³/mol. The van der Waals surface area contributed by atoms with E-state index in [1.807, 2.05) is 12.1 Å². The van der Waals surface area contributed by atoms with Crippen molar-refractivity contribution in [1.82, 2.24) is 0 Å². The largest absolute Gasteiger partial charge is 0.432 e. The maximum absolute atomic E-state index is 11.2. The van der Waals surface area contributed by atoms with Gasteiger partial charge in [0.15, 0.2) is 0 Å². The summed E-state index contributed by atoms with van der Waals surface area (Å²) in [5.41, 5.74) is 0.568. The molecule has 0 saturated carbocycles. The summed E-state index contributed by atoms with van der Waals surface area (Å²) in [6.45, 7) is 3.31. The zero-order valence-corrected chi connectivity index (χ0v) is 8.45. The number of halogens is 1. The summed E-state index contributed by atoms with van der Waals surface area (Å²) < 4.78 is 5.51. The summed E-state index contributed by atoms with van der Waals surface area (Å²) >= 11 is 2.08. The highest BCUT2D eigenvalue weighted by Crippen LogP contribution is 2.12. The minimum Gasteiger partial charge on any atom is -0.432 e. The molecule has 0 saturated heterocycles. The van der Waals surface area contributed by atoms with Crippen molar-refractivity contribution in [3.63, 3.8) is 0 Å². The van der Waals surface area contributed by atoms with E-state index in [4.69, 9.17) is 0 Å². The van der Waals surface area contributed by atoms with E-state index in [0.29, 0.717) is 5.56 Å². The Kier molecular flexibility index (Phi) is 3.28. The van der Waals surface area contributed by atoms with Gasteiger partial charge in [-0.15, -0.1) is 0 Å². The number of esters is 1. The number of carbonyl (C=O) groups excluding carboxylic acids is 1. The third-order valence-corrected chi connectivity index (χ3v) is 2.22. The molecule has 0 bridgehead atoms. The molecule has 1 rings (SSSR count). The van der Waals surface area contributed by atoms with Gasteiger partial charge in [0.2, 0.25) is 0 Å². The van der Waals surface area contributed by atoms with Crippen molar-refractivity contribution in [2.24, 2.45) is 0 Å². The minimum absolute atomic E-state index is 0.366. The fourth-order valence-electron chi connectivity index (χ4n) is 0.766. The number of carbonyl (C=O) groups is 1. The van der Waals surface area contributed by atoms with Crippen LogP contribution in [-0.4, -0.2) is 5.97 Å². The summed E-state index contributed by atoms with van der Waals surface area (Å²) in [6.07, 6.45) is 1.13. The zero-order valence-electron chi connectivity index (χ0n) is 6.29. The topological polar surface area (TPSA) is 26.3 Å². The summed E-state index contributed by atoms with van der Waals surface area (Å²) in [4.78, 5) is 11.2. The quantitative estimate of drug-likeness (QED) is 0.470. The third kappa shape index (κ3) is 2.07. The molecule has 1 aromatic rings. The minimum atomic E-state index is -0.366. The Balaban J connectivity index is 2.94. The smallest absolute Gasteiger partial charge is 0.343 e. The molecule has 0 amide bonds. The summed E-state index contributed by atoms with van der Waals surface area (Å²) in [6, 6.07) is 7.22. The molecule has 0 aliphatic heterocycles. The van der Waals surface area contributed by atoms with Crippen LogP contribution >= 0.6 is 22.6 Å². The van der Waals surface area contributed by atoms with Gasteiger partial charge in [0.1, 0.15) is 0 Å². The van der Waals surface area contributed by atoms with Crippen molar-refractivity contribution in [3.8, 4) is 0 Å². The lowest BCUT2D eigenvalue weighted by Gasteiger charge is -2.00. The van der Waals surface area contributed by atoms with Crippen LogP contribution in [0.15, 0.2) is 37.1 Å². The van der Waals surface area contributed by atoms with E-state index in [1.165, 1.54) is 0 Å². The van der Waals surface area contributed by atoms with E-state index in [-0.39, 0.29) is 5.97 Å². The molecule has 0 aliphatic rings. The fourth-order valence-corrected chi connectivity index (χ4v) is 1.37. The molecule has 1 aromatic carbocycles. The Morgan fingerprint density at radius 2 is 2.17 bits per heavy atom. The van der Waals surface area contributed by atoms with Crippen molar-refractivity contribution >= 4 is 28.6 Å². The van der Waals surface area contributed by atoms with Crippen molar-refractivity contribution in [2.45, 2.75) is 0 Å². The molecular weight excluding hydrogens is 267 g/mol. The summed E-state index contributed by atoms with van der Waals surface area (Å²) in [5.74, 6) is -0.366. The van der Waals surface area contributed by atoms with Gasteiger partial charge in [-0.3, -0.25) is 0 Å². The standard InChI is InChI=1S/C9H7IO2/c1-2-12-9(11)7-5-3-4-6-8(7)10/h2-6H,1H2. The number of rotatable bonds is 2. The Morgan fingerprint density at radius 3 is 2.75 bits per heavy atom. The monoisotopic (exact) mass is 274 g/mol. The van der Waals surface area contributed by atoms with Crippen LogP contribution in [0.2, 0.25) is 0 Å². The Bertz CT molecular complexity index is 307. The number of ether oxygens (including phenoxy) is 1. The van der Waals surface area contributed by atoms with E-state index in [2.05, 4.69) is 33.9 Å². The van der Waals surface area contributed by atoms with Crippen LogP contribution < -0.4 is 0 Å².